The molecule has 0 rings (SSSR count). The average Bonchev–Trinajstić information content (AvgIpc) is 2.13. The number of nitrogens with zero attached hydrogens (tertiary/aromatic N) is 1. The Morgan fingerprint density at radius 1 is 1.57 bits per heavy atom. The van der Waals surface area contributed by atoms with Crippen molar-refractivity contribution in [2.45, 2.75) is 6.10 Å². The zero-order valence-electron chi connectivity index (χ0n) is 7.93. The molecular formula is C7H15N3O4. The molecule has 0 saturated heterocycles. The first kappa shape index (κ1) is 12.7. The second kappa shape index (κ2) is 6.17. The highest BCUT2D eigenvalue weighted by Gasteiger charge is 2.14. The number of carbonyl (C=O) groups excluding carboxylic acids is 1. The lowest BCUT2D eigenvalue weighted by Crippen LogP contribution is -2.39. The summed E-state index contributed by atoms with van der Waals surface area (Å²) in [5.41, 5.74) is 5.08. The van der Waals surface area contributed by atoms with Crippen LogP contribution in [0.25, 0.3) is 0 Å². The topological polar surface area (TPSA) is 120 Å². The van der Waals surface area contributed by atoms with Gasteiger partial charge in [-0.1, -0.05) is 0 Å². The zero-order valence-corrected chi connectivity index (χ0v) is 7.93. The van der Waals surface area contributed by atoms with E-state index in [1.54, 1.807) is 0 Å². The molecule has 0 unspecified atom stereocenters. The van der Waals surface area contributed by atoms with Gasteiger partial charge in [0, 0.05) is 7.05 Å². The molecule has 0 fully saturated rings. The van der Waals surface area contributed by atoms with Crippen LogP contribution in [0, 0.1) is 5.41 Å². The number of aliphatic hydroxyl groups excluding tert-OH is 2. The molecule has 0 atom stereocenters. The normalized spacial score (nSPS) is 10.0. The van der Waals surface area contributed by atoms with Gasteiger partial charge in [-0.2, -0.15) is 0 Å². The van der Waals surface area contributed by atoms with Crippen molar-refractivity contribution in [1.29, 1.82) is 5.41 Å². The molecule has 7 nitrogen and oxygen atoms in total. The van der Waals surface area contributed by atoms with E-state index in [-0.39, 0.29) is 12.5 Å². The Bertz CT molecular complexity index is 205. The van der Waals surface area contributed by atoms with Gasteiger partial charge in [-0.05, 0) is 0 Å². The first-order valence-electron chi connectivity index (χ1n) is 3.97. The van der Waals surface area contributed by atoms with Crippen LogP contribution in [-0.4, -0.2) is 60.0 Å². The van der Waals surface area contributed by atoms with Crippen molar-refractivity contribution >= 4 is 11.9 Å². The standard InChI is InChI=1S/C7H15N3O4/c1-10(7(8)9)2-6(13)14-5(3-11)4-12/h5,11-12H,2-4H2,1H3,(H3,8,9). The van der Waals surface area contributed by atoms with Crippen molar-refractivity contribution < 1.29 is 19.7 Å². The number of esters is 1. The van der Waals surface area contributed by atoms with Crippen molar-refractivity contribution in [1.82, 2.24) is 4.90 Å². The minimum absolute atomic E-state index is 0.189. The lowest BCUT2D eigenvalue weighted by Gasteiger charge is -2.18. The highest BCUT2D eigenvalue weighted by atomic mass is 16.6. The zero-order chi connectivity index (χ0) is 11.1. The van der Waals surface area contributed by atoms with E-state index >= 15 is 0 Å². The lowest BCUT2D eigenvalue weighted by molar-refractivity contribution is -0.153. The lowest BCUT2D eigenvalue weighted by atomic mass is 10.4. The molecule has 0 aliphatic heterocycles. The number of hydrogen-bond donors (Lipinski definition) is 4. The Labute approximate surface area is 81.6 Å². The van der Waals surface area contributed by atoms with E-state index in [4.69, 9.17) is 21.4 Å². The second-order valence-electron chi connectivity index (χ2n) is 2.72. The van der Waals surface area contributed by atoms with Crippen LogP contribution in [-0.2, 0) is 9.53 Å². The Balaban J connectivity index is 3.91. The van der Waals surface area contributed by atoms with E-state index in [2.05, 4.69) is 4.74 Å². The summed E-state index contributed by atoms with van der Waals surface area (Å²) in [7, 11) is 1.45. The number of nitrogens with one attached hydrogen (secondary N) is 1. The smallest absolute Gasteiger partial charge is 0.326 e. The number of guanidine groups is 1. The van der Waals surface area contributed by atoms with Crippen LogP contribution in [0.1, 0.15) is 0 Å². The molecule has 0 aromatic heterocycles. The van der Waals surface area contributed by atoms with Crippen LogP contribution >= 0.6 is 0 Å². The van der Waals surface area contributed by atoms with Crippen molar-refractivity contribution in [2.24, 2.45) is 5.73 Å². The van der Waals surface area contributed by atoms with Crippen molar-refractivity contribution in [3.63, 3.8) is 0 Å². The molecule has 0 aromatic carbocycles. The fraction of sp³-hybridized carbons (Fsp3) is 0.714. The number of hydrogen-bond acceptors (Lipinski definition) is 5. The largest absolute Gasteiger partial charge is 0.456 e. The Kier molecular flexibility index (Phi) is 5.58. The summed E-state index contributed by atoms with van der Waals surface area (Å²) in [4.78, 5) is 12.2. The van der Waals surface area contributed by atoms with Crippen molar-refractivity contribution in [3.8, 4) is 0 Å². The van der Waals surface area contributed by atoms with Crippen LogP contribution in [0.4, 0.5) is 0 Å². The minimum Gasteiger partial charge on any atom is -0.456 e. The molecule has 7 heteroatoms. The third kappa shape index (κ3) is 4.63. The van der Waals surface area contributed by atoms with E-state index in [0.29, 0.717) is 0 Å². The first-order valence-corrected chi connectivity index (χ1v) is 3.97. The number of rotatable bonds is 5. The molecular weight excluding hydrogens is 190 g/mol. The van der Waals surface area contributed by atoms with E-state index in [1.165, 1.54) is 11.9 Å². The highest BCUT2D eigenvalue weighted by Crippen LogP contribution is 1.92. The summed E-state index contributed by atoms with van der Waals surface area (Å²) in [5, 5.41) is 24.2. The monoisotopic (exact) mass is 205 g/mol. The van der Waals surface area contributed by atoms with E-state index in [9.17, 15) is 4.79 Å². The van der Waals surface area contributed by atoms with Gasteiger partial charge in [-0.25, -0.2) is 0 Å². The fourth-order valence-corrected chi connectivity index (χ4v) is 0.634. The minimum atomic E-state index is -0.914. The van der Waals surface area contributed by atoms with Crippen LogP contribution in [0.5, 0.6) is 0 Å². The Morgan fingerprint density at radius 3 is 2.43 bits per heavy atom. The molecule has 0 spiro atoms. The second-order valence-corrected chi connectivity index (χ2v) is 2.72. The molecule has 0 saturated carbocycles. The summed E-state index contributed by atoms with van der Waals surface area (Å²) in [6, 6.07) is 0. The summed E-state index contributed by atoms with van der Waals surface area (Å²) in [6.45, 7) is -1.07. The quantitative estimate of drug-likeness (QED) is 0.228. The number of nitrogens with two attached hydrogens (primary N) is 1. The van der Waals surface area contributed by atoms with Gasteiger partial charge in [-0.3, -0.25) is 10.2 Å². The van der Waals surface area contributed by atoms with Gasteiger partial charge in [0.15, 0.2) is 5.96 Å². The number of aliphatic hydroxyl groups is 2. The van der Waals surface area contributed by atoms with Crippen LogP contribution in [0.15, 0.2) is 0 Å². The fourth-order valence-electron chi connectivity index (χ4n) is 0.634. The molecule has 14 heavy (non-hydrogen) atoms. The van der Waals surface area contributed by atoms with Crippen molar-refractivity contribution in [3.05, 3.63) is 0 Å². The molecule has 0 aromatic rings. The van der Waals surface area contributed by atoms with Crippen LogP contribution in [0.3, 0.4) is 0 Å². The van der Waals surface area contributed by atoms with Crippen molar-refractivity contribution in [2.75, 3.05) is 26.8 Å². The maximum Gasteiger partial charge on any atom is 0.326 e. The van der Waals surface area contributed by atoms with E-state index in [0.717, 1.165) is 0 Å². The predicted molar refractivity (Wildman–Crippen MR) is 48.6 cm³/mol. The summed E-state index contributed by atoms with van der Waals surface area (Å²) in [6.07, 6.45) is -0.914. The van der Waals surface area contributed by atoms with Gasteiger partial charge in [-0.15, -0.1) is 0 Å². The average molecular weight is 205 g/mol. The Morgan fingerprint density at radius 2 is 2.07 bits per heavy atom. The third-order valence-corrected chi connectivity index (χ3v) is 1.48. The van der Waals surface area contributed by atoms with Gasteiger partial charge in [0.1, 0.15) is 12.6 Å². The molecule has 0 aliphatic rings. The SMILES string of the molecule is CN(CC(=O)OC(CO)CO)C(=N)N. The van der Waals surface area contributed by atoms with Crippen LogP contribution < -0.4 is 5.73 Å². The summed E-state index contributed by atoms with van der Waals surface area (Å²) >= 11 is 0. The summed E-state index contributed by atoms with van der Waals surface area (Å²) < 4.78 is 4.64. The van der Waals surface area contributed by atoms with E-state index < -0.39 is 25.3 Å². The van der Waals surface area contributed by atoms with Gasteiger partial charge in [0.2, 0.25) is 0 Å². The third-order valence-electron chi connectivity index (χ3n) is 1.48. The number of carbonyl (C=O) groups is 1. The maximum atomic E-state index is 11.0. The van der Waals surface area contributed by atoms with Gasteiger partial charge in [0.25, 0.3) is 0 Å². The molecule has 82 valence electrons. The van der Waals surface area contributed by atoms with Gasteiger partial charge < -0.3 is 25.6 Å². The van der Waals surface area contributed by atoms with Crippen LogP contribution in [0.2, 0.25) is 0 Å². The van der Waals surface area contributed by atoms with Gasteiger partial charge >= 0.3 is 5.97 Å². The molecule has 0 amide bonds. The number of likely N-dealkylation sites (N-methyl/N-ethyl adjacent to an activating group) is 1. The molecule has 0 aliphatic carbocycles. The predicted octanol–water partition coefficient (Wildman–Crippen LogP) is -2.29. The molecule has 0 bridgehead atoms. The Hall–Kier alpha value is -1.34. The van der Waals surface area contributed by atoms with Gasteiger partial charge in [0.05, 0.1) is 13.2 Å². The number of ether oxygens (including phenoxy) is 1. The maximum absolute atomic E-state index is 11.0. The summed E-state index contributed by atoms with van der Waals surface area (Å²) in [5.74, 6) is -0.915. The molecule has 0 radical (unpaired) electrons. The molecule has 0 heterocycles. The highest BCUT2D eigenvalue weighted by molar-refractivity contribution is 5.81. The first-order chi connectivity index (χ1) is 6.51. The molecule has 5 N–H and O–H groups in total. The van der Waals surface area contributed by atoms with E-state index in [1.807, 2.05) is 0 Å².